The number of aromatic amines is 1. The number of aryl methyl sites for hydroxylation is 3. The minimum Gasteiger partial charge on any atom is -0.378 e. The average molecular weight is 344 g/mol. The van der Waals surface area contributed by atoms with Gasteiger partial charge in [0, 0.05) is 33.0 Å². The van der Waals surface area contributed by atoms with Gasteiger partial charge < -0.3 is 15.0 Å². The van der Waals surface area contributed by atoms with Gasteiger partial charge >= 0.3 is 0 Å². The Morgan fingerprint density at radius 2 is 2.20 bits per heavy atom. The van der Waals surface area contributed by atoms with Gasteiger partial charge in [-0.1, -0.05) is 13.0 Å². The van der Waals surface area contributed by atoms with Crippen LogP contribution in [-0.2, 0) is 16.0 Å². The molecule has 1 aliphatic heterocycles. The van der Waals surface area contributed by atoms with Gasteiger partial charge in [0.1, 0.15) is 5.82 Å². The topological polar surface area (TPSA) is 70.2 Å². The molecule has 1 aromatic carbocycles. The van der Waals surface area contributed by atoms with E-state index in [0.29, 0.717) is 12.8 Å². The smallest absolute Gasteiger partial charge is 0.220 e. The van der Waals surface area contributed by atoms with Gasteiger partial charge in [-0.2, -0.15) is 0 Å². The lowest BCUT2D eigenvalue weighted by atomic mass is 10.1. The molecule has 136 valence electrons. The molecule has 2 N–H and O–H groups in total. The van der Waals surface area contributed by atoms with E-state index in [2.05, 4.69) is 53.1 Å². The van der Waals surface area contributed by atoms with Crippen LogP contribution in [-0.4, -0.2) is 59.7 Å². The van der Waals surface area contributed by atoms with Gasteiger partial charge in [0.05, 0.1) is 23.2 Å². The number of amides is 1. The van der Waals surface area contributed by atoms with Gasteiger partial charge in [-0.3, -0.25) is 9.69 Å². The van der Waals surface area contributed by atoms with E-state index in [0.717, 1.165) is 36.5 Å². The number of nitrogens with zero attached hydrogens (tertiary/aromatic N) is 2. The zero-order chi connectivity index (χ0) is 18.0. The summed E-state index contributed by atoms with van der Waals surface area (Å²) in [5.41, 5.74) is 4.46. The Morgan fingerprint density at radius 1 is 1.40 bits per heavy atom. The third-order valence-electron chi connectivity index (χ3n) is 5.25. The molecule has 0 bridgehead atoms. The van der Waals surface area contributed by atoms with Crippen molar-refractivity contribution in [3.05, 3.63) is 29.1 Å². The number of fused-ring (bicyclic) bond motifs is 1. The first kappa shape index (κ1) is 17.9. The van der Waals surface area contributed by atoms with Gasteiger partial charge in [-0.15, -0.1) is 0 Å². The first-order chi connectivity index (χ1) is 12.0. The predicted octanol–water partition coefficient (Wildman–Crippen LogP) is 1.95. The summed E-state index contributed by atoms with van der Waals surface area (Å²) in [5, 5.41) is 3.12. The van der Waals surface area contributed by atoms with Crippen molar-refractivity contribution in [2.45, 2.75) is 45.8 Å². The summed E-state index contributed by atoms with van der Waals surface area (Å²) < 4.78 is 5.51. The molecule has 1 saturated heterocycles. The third kappa shape index (κ3) is 3.85. The second kappa shape index (κ2) is 7.54. The molecule has 1 amide bonds. The minimum atomic E-state index is 0.0540. The van der Waals surface area contributed by atoms with E-state index in [1.54, 1.807) is 7.11 Å². The Kier molecular flexibility index (Phi) is 5.39. The molecule has 2 atom stereocenters. The lowest BCUT2D eigenvalue weighted by molar-refractivity contribution is -0.122. The highest BCUT2D eigenvalue weighted by molar-refractivity contribution is 5.80. The van der Waals surface area contributed by atoms with E-state index in [4.69, 9.17) is 4.74 Å². The zero-order valence-corrected chi connectivity index (χ0v) is 15.6. The fourth-order valence-electron chi connectivity index (χ4n) is 3.48. The van der Waals surface area contributed by atoms with Gasteiger partial charge in [0.25, 0.3) is 0 Å². The van der Waals surface area contributed by atoms with Crippen LogP contribution in [0.4, 0.5) is 0 Å². The maximum absolute atomic E-state index is 12.3. The van der Waals surface area contributed by atoms with Crippen molar-refractivity contribution in [2.75, 3.05) is 26.7 Å². The molecule has 1 aromatic heterocycles. The van der Waals surface area contributed by atoms with E-state index in [1.807, 2.05) is 0 Å². The summed E-state index contributed by atoms with van der Waals surface area (Å²) in [6, 6.07) is 4.21. The molecule has 0 spiro atoms. The van der Waals surface area contributed by atoms with E-state index < -0.39 is 0 Å². The molecule has 1 aliphatic rings. The summed E-state index contributed by atoms with van der Waals surface area (Å²) in [7, 11) is 1.71. The fraction of sp³-hybridized carbons (Fsp3) is 0.579. The molecule has 0 unspecified atom stereocenters. The van der Waals surface area contributed by atoms with Gasteiger partial charge in [0.2, 0.25) is 5.91 Å². The summed E-state index contributed by atoms with van der Waals surface area (Å²) in [6.45, 7) is 9.00. The van der Waals surface area contributed by atoms with Crippen molar-refractivity contribution in [1.29, 1.82) is 0 Å². The highest BCUT2D eigenvalue weighted by atomic mass is 16.5. The van der Waals surface area contributed by atoms with Crippen LogP contribution in [0.25, 0.3) is 11.0 Å². The second-order valence-corrected chi connectivity index (χ2v) is 6.89. The summed E-state index contributed by atoms with van der Waals surface area (Å²) in [4.78, 5) is 22.6. The Hall–Kier alpha value is -1.92. The minimum absolute atomic E-state index is 0.0540. The number of likely N-dealkylation sites (tertiary alicyclic amines) is 1. The Morgan fingerprint density at radius 3 is 2.92 bits per heavy atom. The molecule has 1 fully saturated rings. The maximum Gasteiger partial charge on any atom is 0.220 e. The number of benzene rings is 1. The van der Waals surface area contributed by atoms with Crippen molar-refractivity contribution in [3.63, 3.8) is 0 Å². The van der Waals surface area contributed by atoms with Crippen LogP contribution >= 0.6 is 0 Å². The monoisotopic (exact) mass is 344 g/mol. The molecule has 6 nitrogen and oxygen atoms in total. The Bertz CT molecular complexity index is 755. The fourth-order valence-corrected chi connectivity index (χ4v) is 3.48. The third-order valence-corrected chi connectivity index (χ3v) is 5.25. The highest BCUT2D eigenvalue weighted by Gasteiger charge is 2.32. The molecule has 0 aliphatic carbocycles. The van der Waals surface area contributed by atoms with Crippen LogP contribution < -0.4 is 5.32 Å². The first-order valence-corrected chi connectivity index (χ1v) is 9.01. The summed E-state index contributed by atoms with van der Waals surface area (Å²) in [6.07, 6.45) is 1.11. The SMILES string of the molecule is CCN1C[C@H](NC(=O)CCc2nc3c(C)c(C)ccc3[nH]2)[C@@H](OC)C1. The molecule has 0 radical (unpaired) electrons. The zero-order valence-electron chi connectivity index (χ0n) is 15.6. The normalized spacial score (nSPS) is 21.1. The Balaban J connectivity index is 1.58. The number of likely N-dealkylation sites (N-methyl/N-ethyl adjacent to an activating group) is 1. The lowest BCUT2D eigenvalue weighted by Crippen LogP contribution is -2.43. The number of rotatable bonds is 6. The number of methoxy groups -OCH3 is 1. The molecule has 2 aromatic rings. The molecule has 0 saturated carbocycles. The van der Waals surface area contributed by atoms with E-state index in [-0.39, 0.29) is 18.1 Å². The number of hydrogen-bond acceptors (Lipinski definition) is 4. The number of nitrogens with one attached hydrogen (secondary N) is 2. The Labute approximate surface area is 149 Å². The number of aromatic nitrogens is 2. The van der Waals surface area contributed by atoms with Crippen LogP contribution in [0.3, 0.4) is 0 Å². The van der Waals surface area contributed by atoms with Gasteiger partial charge in [-0.25, -0.2) is 4.98 Å². The predicted molar refractivity (Wildman–Crippen MR) is 98.7 cm³/mol. The number of ether oxygens (including phenoxy) is 1. The molecule has 25 heavy (non-hydrogen) atoms. The highest BCUT2D eigenvalue weighted by Crippen LogP contribution is 2.20. The van der Waals surface area contributed by atoms with Gasteiger partial charge in [-0.05, 0) is 37.6 Å². The van der Waals surface area contributed by atoms with Crippen LogP contribution in [0.1, 0.15) is 30.3 Å². The molecule has 2 heterocycles. The summed E-state index contributed by atoms with van der Waals surface area (Å²) >= 11 is 0. The van der Waals surface area contributed by atoms with Crippen molar-refractivity contribution < 1.29 is 9.53 Å². The number of hydrogen-bond donors (Lipinski definition) is 2. The summed E-state index contributed by atoms with van der Waals surface area (Å²) in [5.74, 6) is 0.919. The van der Waals surface area contributed by atoms with Crippen molar-refractivity contribution >= 4 is 16.9 Å². The van der Waals surface area contributed by atoms with Crippen molar-refractivity contribution in [1.82, 2.24) is 20.2 Å². The number of H-pyrrole nitrogens is 1. The maximum atomic E-state index is 12.3. The number of imidazole rings is 1. The first-order valence-electron chi connectivity index (χ1n) is 9.01. The second-order valence-electron chi connectivity index (χ2n) is 6.89. The number of carbonyl (C=O) groups excluding carboxylic acids is 1. The quantitative estimate of drug-likeness (QED) is 0.840. The van der Waals surface area contributed by atoms with Crippen molar-refractivity contribution in [3.8, 4) is 0 Å². The van der Waals surface area contributed by atoms with Gasteiger partial charge in [0.15, 0.2) is 0 Å². The van der Waals surface area contributed by atoms with E-state index >= 15 is 0 Å². The number of carbonyl (C=O) groups is 1. The molecular formula is C19H28N4O2. The molecular weight excluding hydrogens is 316 g/mol. The van der Waals surface area contributed by atoms with E-state index in [1.165, 1.54) is 11.1 Å². The van der Waals surface area contributed by atoms with Crippen LogP contribution in [0.5, 0.6) is 0 Å². The standard InChI is InChI=1S/C19H28N4O2/c1-5-23-10-15(16(11-23)25-4)21-18(24)9-8-17-20-14-7-6-12(2)13(3)19(14)22-17/h6-7,15-16H,5,8-11H2,1-4H3,(H,20,22)(H,21,24)/t15-,16-/m0/s1. The molecule has 6 heteroatoms. The average Bonchev–Trinajstić information content (AvgIpc) is 3.20. The van der Waals surface area contributed by atoms with Crippen LogP contribution in [0, 0.1) is 13.8 Å². The lowest BCUT2D eigenvalue weighted by Gasteiger charge is -2.18. The van der Waals surface area contributed by atoms with Crippen LogP contribution in [0.15, 0.2) is 12.1 Å². The van der Waals surface area contributed by atoms with E-state index in [9.17, 15) is 4.79 Å². The largest absolute Gasteiger partial charge is 0.378 e. The van der Waals surface area contributed by atoms with Crippen molar-refractivity contribution in [2.24, 2.45) is 0 Å². The molecule has 3 rings (SSSR count). The van der Waals surface area contributed by atoms with Crippen LogP contribution in [0.2, 0.25) is 0 Å².